The fourth-order valence-electron chi connectivity index (χ4n) is 2.48. The van der Waals surface area contributed by atoms with Crippen molar-refractivity contribution in [2.45, 2.75) is 18.3 Å². The molecular formula is C17H18FN3O2S. The van der Waals surface area contributed by atoms with Crippen LogP contribution in [0.3, 0.4) is 0 Å². The van der Waals surface area contributed by atoms with Crippen LogP contribution in [-0.2, 0) is 10.5 Å². The maximum Gasteiger partial charge on any atom is 0.316 e. The molecule has 5 nitrogen and oxygen atoms in total. The van der Waals surface area contributed by atoms with E-state index in [4.69, 9.17) is 4.74 Å². The lowest BCUT2D eigenvalue weighted by Gasteiger charge is -2.16. The lowest BCUT2D eigenvalue weighted by molar-refractivity contribution is -0.127. The quantitative estimate of drug-likeness (QED) is 0.804. The Morgan fingerprint density at radius 1 is 1.29 bits per heavy atom. The van der Waals surface area contributed by atoms with E-state index in [1.54, 1.807) is 16.7 Å². The minimum Gasteiger partial charge on any atom is -0.458 e. The molecule has 1 amide bonds. The van der Waals surface area contributed by atoms with Gasteiger partial charge in [-0.05, 0) is 5.56 Å². The van der Waals surface area contributed by atoms with Crippen molar-refractivity contribution in [3.8, 4) is 6.01 Å². The summed E-state index contributed by atoms with van der Waals surface area (Å²) in [6.45, 7) is 1.18. The zero-order chi connectivity index (χ0) is 16.8. The number of carbonyl (C=O) groups excluding carboxylic acids is 1. The summed E-state index contributed by atoms with van der Waals surface area (Å²) >= 11 is 1.61. The van der Waals surface area contributed by atoms with Gasteiger partial charge < -0.3 is 9.64 Å². The van der Waals surface area contributed by atoms with Crippen molar-refractivity contribution in [2.24, 2.45) is 0 Å². The highest BCUT2D eigenvalue weighted by Crippen LogP contribution is 2.18. The molecule has 1 aromatic heterocycles. The summed E-state index contributed by atoms with van der Waals surface area (Å²) in [4.78, 5) is 21.6. The number of amides is 1. The van der Waals surface area contributed by atoms with E-state index in [0.29, 0.717) is 18.8 Å². The summed E-state index contributed by atoms with van der Waals surface area (Å²) in [5.41, 5.74) is 1.21. The Bertz CT molecular complexity index is 669. The molecule has 2 heterocycles. The summed E-state index contributed by atoms with van der Waals surface area (Å²) in [5.74, 6) is 0.890. The molecule has 1 aromatic carbocycles. The van der Waals surface area contributed by atoms with Gasteiger partial charge >= 0.3 is 6.01 Å². The Morgan fingerprint density at radius 3 is 2.79 bits per heavy atom. The Hall–Kier alpha value is -2.15. The number of hydrogen-bond acceptors (Lipinski definition) is 5. The lowest BCUT2D eigenvalue weighted by Crippen LogP contribution is -2.32. The predicted molar refractivity (Wildman–Crippen MR) is 90.2 cm³/mol. The second kappa shape index (κ2) is 8.10. The van der Waals surface area contributed by atoms with Crippen molar-refractivity contribution in [1.29, 1.82) is 0 Å². The van der Waals surface area contributed by atoms with E-state index in [0.717, 1.165) is 24.6 Å². The normalized spacial score (nSPS) is 17.0. The first kappa shape index (κ1) is 16.7. The summed E-state index contributed by atoms with van der Waals surface area (Å²) < 4.78 is 18.4. The van der Waals surface area contributed by atoms with Gasteiger partial charge in [-0.3, -0.25) is 4.79 Å². The number of aromatic nitrogens is 2. The first-order chi connectivity index (χ1) is 11.7. The third kappa shape index (κ3) is 4.67. The van der Waals surface area contributed by atoms with E-state index >= 15 is 0 Å². The molecule has 3 rings (SSSR count). The largest absolute Gasteiger partial charge is 0.458 e. The number of benzene rings is 1. The van der Waals surface area contributed by atoms with Crippen LogP contribution in [0.5, 0.6) is 6.01 Å². The van der Waals surface area contributed by atoms with Gasteiger partial charge in [0.25, 0.3) is 0 Å². The molecule has 1 aliphatic rings. The number of ether oxygens (including phenoxy) is 1. The number of hydrogen-bond donors (Lipinski definition) is 0. The first-order valence-corrected chi connectivity index (χ1v) is 8.90. The van der Waals surface area contributed by atoms with Crippen LogP contribution in [0.2, 0.25) is 0 Å². The van der Waals surface area contributed by atoms with E-state index in [9.17, 15) is 9.18 Å². The molecule has 1 fully saturated rings. The van der Waals surface area contributed by atoms with Crippen LogP contribution < -0.4 is 4.74 Å². The van der Waals surface area contributed by atoms with Gasteiger partial charge in [-0.25, -0.2) is 14.4 Å². The van der Waals surface area contributed by atoms with Gasteiger partial charge in [-0.1, -0.05) is 30.3 Å². The second-order valence-corrected chi connectivity index (χ2v) is 6.52. The van der Waals surface area contributed by atoms with Crippen molar-refractivity contribution in [3.63, 3.8) is 0 Å². The van der Waals surface area contributed by atoms with Crippen molar-refractivity contribution < 1.29 is 13.9 Å². The van der Waals surface area contributed by atoms with E-state index < -0.39 is 5.82 Å². The van der Waals surface area contributed by atoms with Crippen molar-refractivity contribution in [2.75, 3.05) is 18.8 Å². The molecule has 1 atom stereocenters. The Morgan fingerprint density at radius 2 is 2.04 bits per heavy atom. The Kier molecular flexibility index (Phi) is 5.63. The van der Waals surface area contributed by atoms with E-state index in [1.165, 1.54) is 5.56 Å². The highest BCUT2D eigenvalue weighted by molar-refractivity contribution is 7.99. The zero-order valence-corrected chi connectivity index (χ0v) is 13.9. The van der Waals surface area contributed by atoms with Crippen LogP contribution in [0.15, 0.2) is 42.7 Å². The third-order valence-corrected chi connectivity index (χ3v) is 4.69. The minimum absolute atomic E-state index is 0.113. The van der Waals surface area contributed by atoms with Crippen molar-refractivity contribution >= 4 is 17.7 Å². The van der Waals surface area contributed by atoms with E-state index in [-0.39, 0.29) is 18.0 Å². The molecule has 0 N–H and O–H groups in total. The summed E-state index contributed by atoms with van der Waals surface area (Å²) in [6, 6.07) is 10.2. The van der Waals surface area contributed by atoms with Crippen LogP contribution in [0, 0.1) is 5.82 Å². The molecule has 0 aliphatic carbocycles. The SMILES string of the molecule is O=C(CSCc1ccccc1)N1CC[C@@H](Oc2ncc(F)cn2)C1. The molecule has 0 bridgehead atoms. The summed E-state index contributed by atoms with van der Waals surface area (Å²) in [6.07, 6.45) is 2.73. The number of carbonyl (C=O) groups is 1. The number of thioether (sulfide) groups is 1. The fraction of sp³-hybridized carbons (Fsp3) is 0.353. The smallest absolute Gasteiger partial charge is 0.316 e. The van der Waals surface area contributed by atoms with Gasteiger partial charge in [0.05, 0.1) is 24.7 Å². The van der Waals surface area contributed by atoms with Gasteiger partial charge in [0.1, 0.15) is 6.10 Å². The molecule has 126 valence electrons. The highest BCUT2D eigenvalue weighted by Gasteiger charge is 2.27. The average molecular weight is 347 g/mol. The Balaban J connectivity index is 1.41. The standard InChI is InChI=1S/C17H18FN3O2S/c18-14-8-19-17(20-9-14)23-15-6-7-21(10-15)16(22)12-24-11-13-4-2-1-3-5-13/h1-5,8-9,15H,6-7,10-12H2/t15-/m1/s1. The van der Waals surface area contributed by atoms with Crippen LogP contribution in [0.4, 0.5) is 4.39 Å². The highest BCUT2D eigenvalue weighted by atomic mass is 32.2. The predicted octanol–water partition coefficient (Wildman–Crippen LogP) is 2.53. The third-order valence-electron chi connectivity index (χ3n) is 3.70. The zero-order valence-electron chi connectivity index (χ0n) is 13.1. The molecule has 0 saturated carbocycles. The molecular weight excluding hydrogens is 329 g/mol. The van der Waals surface area contributed by atoms with Crippen LogP contribution in [-0.4, -0.2) is 45.7 Å². The molecule has 0 spiro atoms. The van der Waals surface area contributed by atoms with Crippen LogP contribution in [0.1, 0.15) is 12.0 Å². The maximum absolute atomic E-state index is 12.8. The monoisotopic (exact) mass is 347 g/mol. The van der Waals surface area contributed by atoms with Crippen molar-refractivity contribution in [3.05, 3.63) is 54.1 Å². The van der Waals surface area contributed by atoms with E-state index in [2.05, 4.69) is 22.1 Å². The lowest BCUT2D eigenvalue weighted by atomic mass is 10.2. The Labute approximate surface area is 144 Å². The van der Waals surface area contributed by atoms with Crippen LogP contribution in [0.25, 0.3) is 0 Å². The molecule has 0 unspecified atom stereocenters. The van der Waals surface area contributed by atoms with Gasteiger partial charge in [-0.2, -0.15) is 0 Å². The number of halogens is 1. The molecule has 1 aliphatic heterocycles. The summed E-state index contributed by atoms with van der Waals surface area (Å²) in [7, 11) is 0. The number of nitrogens with zero attached hydrogens (tertiary/aromatic N) is 3. The topological polar surface area (TPSA) is 55.3 Å². The van der Waals surface area contributed by atoms with Gasteiger partial charge in [0.15, 0.2) is 5.82 Å². The molecule has 1 saturated heterocycles. The summed E-state index contributed by atoms with van der Waals surface area (Å²) in [5, 5.41) is 0. The molecule has 7 heteroatoms. The average Bonchev–Trinajstić information content (AvgIpc) is 3.06. The number of likely N-dealkylation sites (tertiary alicyclic amines) is 1. The number of rotatable bonds is 6. The maximum atomic E-state index is 12.8. The molecule has 24 heavy (non-hydrogen) atoms. The first-order valence-electron chi connectivity index (χ1n) is 7.74. The van der Waals surface area contributed by atoms with E-state index in [1.807, 2.05) is 18.2 Å². The molecule has 0 radical (unpaired) electrons. The second-order valence-electron chi connectivity index (χ2n) is 5.53. The fourth-order valence-corrected chi connectivity index (χ4v) is 3.37. The van der Waals surface area contributed by atoms with Gasteiger partial charge in [-0.15, -0.1) is 11.8 Å². The van der Waals surface area contributed by atoms with Gasteiger partial charge in [0, 0.05) is 18.7 Å². The van der Waals surface area contributed by atoms with Crippen molar-refractivity contribution in [1.82, 2.24) is 14.9 Å². The molecule has 2 aromatic rings. The van der Waals surface area contributed by atoms with Gasteiger partial charge in [0.2, 0.25) is 5.91 Å². The van der Waals surface area contributed by atoms with Crippen LogP contribution >= 0.6 is 11.8 Å². The minimum atomic E-state index is -0.499.